The molecule has 3 aromatic rings. The quantitative estimate of drug-likeness (QED) is 0.224. The zero-order chi connectivity index (χ0) is 36.1. The van der Waals surface area contributed by atoms with Gasteiger partial charge in [0.15, 0.2) is 0 Å². The molecule has 0 radical (unpaired) electrons. The molecule has 1 aromatic heterocycles. The summed E-state index contributed by atoms with van der Waals surface area (Å²) < 4.78 is 47.9. The van der Waals surface area contributed by atoms with Crippen molar-refractivity contribution in [1.82, 2.24) is 14.8 Å². The lowest BCUT2D eigenvalue weighted by atomic mass is 9.99. The number of alkyl halides is 3. The Labute approximate surface area is 297 Å². The zero-order valence-corrected chi connectivity index (χ0v) is 30.4. The molecule has 2 aromatic carbocycles. The van der Waals surface area contributed by atoms with Gasteiger partial charge in [0.1, 0.15) is 5.60 Å². The van der Waals surface area contributed by atoms with Gasteiger partial charge in [-0.3, -0.25) is 9.78 Å². The number of nitrogens with one attached hydrogen (secondary N) is 1. The van der Waals surface area contributed by atoms with E-state index in [-0.39, 0.29) is 50.7 Å². The second-order valence-corrected chi connectivity index (χ2v) is 15.2. The number of rotatable bonds is 9. The van der Waals surface area contributed by atoms with Crippen molar-refractivity contribution in [2.75, 3.05) is 61.8 Å². The molecular formula is C38H48F3N5O3S. The van der Waals surface area contributed by atoms with Crippen molar-refractivity contribution in [2.45, 2.75) is 70.6 Å². The SMILES string of the molecule is Cc1ccc(-c2cnccc2SCC2CCN(C(=O)CCNc3ccc(N4CCN(C(=O)OC(C)(C)C)CC4)c(C(F)(F)F)c3)CC2)c(C)c1. The highest BCUT2D eigenvalue weighted by molar-refractivity contribution is 7.99. The van der Waals surface area contributed by atoms with E-state index in [2.05, 4.69) is 48.4 Å². The first-order valence-corrected chi connectivity index (χ1v) is 18.3. The lowest BCUT2D eigenvalue weighted by Crippen LogP contribution is -2.50. The molecule has 1 N–H and O–H groups in total. The van der Waals surface area contributed by atoms with Crippen LogP contribution in [0.25, 0.3) is 11.1 Å². The van der Waals surface area contributed by atoms with Crippen molar-refractivity contribution >= 4 is 35.1 Å². The Hall–Kier alpha value is -3.93. The molecule has 2 fully saturated rings. The van der Waals surface area contributed by atoms with Gasteiger partial charge >= 0.3 is 12.3 Å². The predicted octanol–water partition coefficient (Wildman–Crippen LogP) is 8.27. The molecule has 270 valence electrons. The fourth-order valence-corrected chi connectivity index (χ4v) is 7.68. The summed E-state index contributed by atoms with van der Waals surface area (Å²) >= 11 is 1.84. The Kier molecular flexibility index (Phi) is 11.9. The molecule has 0 aliphatic carbocycles. The fourth-order valence-electron chi connectivity index (χ4n) is 6.46. The highest BCUT2D eigenvalue weighted by atomic mass is 32.2. The van der Waals surface area contributed by atoms with E-state index in [1.807, 2.05) is 29.1 Å². The number of nitrogens with zero attached hydrogens (tertiary/aromatic N) is 4. The number of ether oxygens (including phenoxy) is 1. The molecule has 0 spiro atoms. The van der Waals surface area contributed by atoms with Crippen LogP contribution in [0.15, 0.2) is 59.8 Å². The van der Waals surface area contributed by atoms with Gasteiger partial charge in [0.25, 0.3) is 0 Å². The number of hydrogen-bond acceptors (Lipinski definition) is 7. The Morgan fingerprint density at radius 3 is 2.30 bits per heavy atom. The van der Waals surface area contributed by atoms with Gasteiger partial charge in [-0.05, 0) is 88.8 Å². The van der Waals surface area contributed by atoms with Crippen molar-refractivity contribution in [3.63, 3.8) is 0 Å². The van der Waals surface area contributed by atoms with E-state index < -0.39 is 23.4 Å². The van der Waals surface area contributed by atoms with E-state index in [9.17, 15) is 22.8 Å². The minimum Gasteiger partial charge on any atom is -0.444 e. The molecule has 2 aliphatic heterocycles. The number of piperazine rings is 1. The lowest BCUT2D eigenvalue weighted by Gasteiger charge is -2.37. The van der Waals surface area contributed by atoms with Gasteiger partial charge in [-0.15, -0.1) is 11.8 Å². The molecule has 2 aliphatic rings. The molecule has 2 amide bonds. The molecule has 0 bridgehead atoms. The summed E-state index contributed by atoms with van der Waals surface area (Å²) in [4.78, 5) is 36.1. The second-order valence-electron chi connectivity index (χ2n) is 14.2. The van der Waals surface area contributed by atoms with Crippen LogP contribution in [0.5, 0.6) is 0 Å². The van der Waals surface area contributed by atoms with Crippen molar-refractivity contribution < 1.29 is 27.5 Å². The van der Waals surface area contributed by atoms with Crippen LogP contribution in [0.3, 0.4) is 0 Å². The van der Waals surface area contributed by atoms with Crippen LogP contribution in [0.2, 0.25) is 0 Å². The van der Waals surface area contributed by atoms with Gasteiger partial charge in [0, 0.05) is 92.2 Å². The molecule has 0 atom stereocenters. The van der Waals surface area contributed by atoms with Gasteiger partial charge in [-0.2, -0.15) is 13.2 Å². The van der Waals surface area contributed by atoms with Gasteiger partial charge in [0.05, 0.1) is 5.56 Å². The summed E-state index contributed by atoms with van der Waals surface area (Å²) in [6.07, 6.45) is 0.772. The Morgan fingerprint density at radius 1 is 0.920 bits per heavy atom. The lowest BCUT2D eigenvalue weighted by molar-refractivity contribution is -0.137. The molecule has 8 nitrogen and oxygen atoms in total. The van der Waals surface area contributed by atoms with Crippen LogP contribution >= 0.6 is 11.8 Å². The van der Waals surface area contributed by atoms with Crippen molar-refractivity contribution in [2.24, 2.45) is 5.92 Å². The average molecular weight is 712 g/mol. The molecule has 50 heavy (non-hydrogen) atoms. The topological polar surface area (TPSA) is 78.0 Å². The third-order valence-electron chi connectivity index (χ3n) is 9.14. The summed E-state index contributed by atoms with van der Waals surface area (Å²) in [6.45, 7) is 12.2. The first-order valence-electron chi connectivity index (χ1n) is 17.3. The summed E-state index contributed by atoms with van der Waals surface area (Å²) in [5.74, 6) is 1.45. The second kappa shape index (κ2) is 16.0. The normalized spacial score (nSPS) is 16.0. The van der Waals surface area contributed by atoms with Crippen LogP contribution in [0, 0.1) is 19.8 Å². The molecule has 2 saturated heterocycles. The number of halogens is 3. The first kappa shape index (κ1) is 37.3. The highest BCUT2D eigenvalue weighted by Gasteiger charge is 2.36. The molecule has 0 saturated carbocycles. The van der Waals surface area contributed by atoms with E-state index in [0.29, 0.717) is 24.7 Å². The number of hydrogen-bond donors (Lipinski definition) is 1. The summed E-state index contributed by atoms with van der Waals surface area (Å²) in [5, 5.41) is 3.03. The van der Waals surface area contributed by atoms with E-state index in [0.717, 1.165) is 30.2 Å². The monoisotopic (exact) mass is 711 g/mol. The van der Waals surface area contributed by atoms with E-state index >= 15 is 0 Å². The number of thioether (sulfide) groups is 1. The number of carbonyl (C=O) groups excluding carboxylic acids is 2. The van der Waals surface area contributed by atoms with Gasteiger partial charge in [-0.1, -0.05) is 23.8 Å². The van der Waals surface area contributed by atoms with E-state index in [1.165, 1.54) is 32.6 Å². The molecule has 0 unspecified atom stereocenters. The van der Waals surface area contributed by atoms with Crippen LogP contribution in [-0.2, 0) is 15.7 Å². The maximum atomic E-state index is 14.2. The number of likely N-dealkylation sites (tertiary alicyclic amines) is 1. The third kappa shape index (κ3) is 9.86. The first-order chi connectivity index (χ1) is 23.7. The Balaban J connectivity index is 1.08. The smallest absolute Gasteiger partial charge is 0.418 e. The summed E-state index contributed by atoms with van der Waals surface area (Å²) in [7, 11) is 0. The molecule has 12 heteroatoms. The fraction of sp³-hybridized carbons (Fsp3) is 0.500. The Bertz CT molecular complexity index is 1650. The summed E-state index contributed by atoms with van der Waals surface area (Å²) in [5.41, 5.74) is 3.80. The molecule has 5 rings (SSSR count). The van der Waals surface area contributed by atoms with Crippen LogP contribution < -0.4 is 10.2 Å². The number of anilines is 2. The summed E-state index contributed by atoms with van der Waals surface area (Å²) in [6, 6.07) is 12.7. The van der Waals surface area contributed by atoms with Crippen LogP contribution in [0.4, 0.5) is 29.3 Å². The number of aromatic nitrogens is 1. The minimum atomic E-state index is -4.56. The minimum absolute atomic E-state index is 0.00499. The van der Waals surface area contributed by atoms with Gasteiger partial charge < -0.3 is 24.8 Å². The number of aryl methyl sites for hydroxylation is 2. The van der Waals surface area contributed by atoms with Gasteiger partial charge in [-0.25, -0.2) is 4.79 Å². The standard InChI is InChI=1S/C38H48F3N5O3S/c1-26-6-8-30(27(2)22-26)31-24-42-14-10-34(31)50-25-28-12-16-45(17-13-28)35(47)11-15-43-29-7-9-33(32(23-29)38(39,40)41)44-18-20-46(21-19-44)36(48)49-37(3,4)5/h6-10,14,22-24,28,43H,11-13,15-21,25H2,1-5H3. The van der Waals surface area contributed by atoms with Crippen LogP contribution in [-0.4, -0.2) is 84.0 Å². The molecular weight excluding hydrogens is 664 g/mol. The predicted molar refractivity (Wildman–Crippen MR) is 194 cm³/mol. The molecule has 3 heterocycles. The zero-order valence-electron chi connectivity index (χ0n) is 29.6. The van der Waals surface area contributed by atoms with E-state index in [1.54, 1.807) is 31.7 Å². The average Bonchev–Trinajstić information content (AvgIpc) is 3.07. The third-order valence-corrected chi connectivity index (χ3v) is 10.4. The van der Waals surface area contributed by atoms with Crippen molar-refractivity contribution in [1.29, 1.82) is 0 Å². The Morgan fingerprint density at radius 2 is 1.64 bits per heavy atom. The van der Waals surface area contributed by atoms with Crippen molar-refractivity contribution in [3.05, 3.63) is 71.5 Å². The van der Waals surface area contributed by atoms with E-state index in [4.69, 9.17) is 4.74 Å². The number of benzene rings is 2. The largest absolute Gasteiger partial charge is 0.444 e. The van der Waals surface area contributed by atoms with Gasteiger partial charge in [0.2, 0.25) is 5.91 Å². The van der Waals surface area contributed by atoms with Crippen molar-refractivity contribution in [3.8, 4) is 11.1 Å². The highest BCUT2D eigenvalue weighted by Crippen LogP contribution is 2.39. The number of pyridine rings is 1. The number of carbonyl (C=O) groups is 2. The maximum absolute atomic E-state index is 14.2. The maximum Gasteiger partial charge on any atom is 0.418 e. The number of amides is 2. The number of piperidine rings is 1. The van der Waals surface area contributed by atoms with Crippen LogP contribution in [0.1, 0.15) is 56.7 Å².